The van der Waals surface area contributed by atoms with Gasteiger partial charge in [0.1, 0.15) is 17.6 Å². The standard InChI is InChI=1S/C20H23N5O/c1-2-24-10-12-25(13-11-24)20(26)14-16-6-8-17(9-7-16)22-19-5-3-4-18(15-21)23-19/h3-9H,2,10-14H2,1H3,(H,22,23). The lowest BCUT2D eigenvalue weighted by Gasteiger charge is -2.34. The molecule has 1 aromatic carbocycles. The number of likely N-dealkylation sites (N-methyl/N-ethyl adjacent to an activating group) is 1. The fraction of sp³-hybridized carbons (Fsp3) is 0.350. The van der Waals surface area contributed by atoms with Gasteiger partial charge in [0.2, 0.25) is 5.91 Å². The van der Waals surface area contributed by atoms with Crippen molar-refractivity contribution in [2.75, 3.05) is 38.0 Å². The molecule has 6 heteroatoms. The van der Waals surface area contributed by atoms with Crippen LogP contribution in [0.4, 0.5) is 11.5 Å². The van der Waals surface area contributed by atoms with Gasteiger partial charge in [0.15, 0.2) is 0 Å². The minimum atomic E-state index is 0.185. The summed E-state index contributed by atoms with van der Waals surface area (Å²) in [6, 6.07) is 15.1. The summed E-state index contributed by atoms with van der Waals surface area (Å²) in [7, 11) is 0. The van der Waals surface area contributed by atoms with Gasteiger partial charge in [0, 0.05) is 31.9 Å². The number of pyridine rings is 1. The summed E-state index contributed by atoms with van der Waals surface area (Å²) in [6.07, 6.45) is 0.425. The molecule has 0 bridgehead atoms. The van der Waals surface area contributed by atoms with E-state index >= 15 is 0 Å². The van der Waals surface area contributed by atoms with Crippen LogP contribution in [0.3, 0.4) is 0 Å². The van der Waals surface area contributed by atoms with Gasteiger partial charge in [-0.05, 0) is 36.4 Å². The van der Waals surface area contributed by atoms with Gasteiger partial charge < -0.3 is 15.1 Å². The van der Waals surface area contributed by atoms with Crippen molar-refractivity contribution < 1.29 is 4.79 Å². The van der Waals surface area contributed by atoms with Gasteiger partial charge in [-0.1, -0.05) is 25.1 Å². The number of nitrogens with one attached hydrogen (secondary N) is 1. The average molecular weight is 349 g/mol. The molecule has 1 aromatic heterocycles. The third kappa shape index (κ3) is 4.58. The van der Waals surface area contributed by atoms with E-state index in [4.69, 9.17) is 5.26 Å². The Morgan fingerprint density at radius 1 is 1.15 bits per heavy atom. The maximum atomic E-state index is 12.5. The molecular formula is C20H23N5O. The normalized spacial score (nSPS) is 14.7. The molecule has 1 saturated heterocycles. The monoisotopic (exact) mass is 349 g/mol. The molecule has 0 spiro atoms. The van der Waals surface area contributed by atoms with Gasteiger partial charge in [-0.2, -0.15) is 5.26 Å². The number of nitrogens with zero attached hydrogens (tertiary/aromatic N) is 4. The molecule has 0 aliphatic carbocycles. The predicted molar refractivity (Wildman–Crippen MR) is 101 cm³/mol. The van der Waals surface area contributed by atoms with Crippen molar-refractivity contribution in [3.05, 3.63) is 53.7 Å². The molecule has 1 aliphatic heterocycles. The van der Waals surface area contributed by atoms with E-state index in [9.17, 15) is 4.79 Å². The number of benzene rings is 1. The molecule has 0 radical (unpaired) electrons. The SMILES string of the molecule is CCN1CCN(C(=O)Cc2ccc(Nc3cccc(C#N)n3)cc2)CC1. The number of hydrogen-bond acceptors (Lipinski definition) is 5. The minimum Gasteiger partial charge on any atom is -0.340 e. The smallest absolute Gasteiger partial charge is 0.227 e. The van der Waals surface area contributed by atoms with Crippen molar-refractivity contribution in [1.29, 1.82) is 5.26 Å². The maximum Gasteiger partial charge on any atom is 0.227 e. The van der Waals surface area contributed by atoms with Crippen molar-refractivity contribution in [3.8, 4) is 6.07 Å². The molecule has 0 saturated carbocycles. The second-order valence-electron chi connectivity index (χ2n) is 6.33. The first-order valence-electron chi connectivity index (χ1n) is 8.91. The van der Waals surface area contributed by atoms with E-state index in [1.54, 1.807) is 12.1 Å². The van der Waals surface area contributed by atoms with Crippen LogP contribution in [-0.4, -0.2) is 53.4 Å². The van der Waals surface area contributed by atoms with Crippen molar-refractivity contribution in [1.82, 2.24) is 14.8 Å². The average Bonchev–Trinajstić information content (AvgIpc) is 2.69. The summed E-state index contributed by atoms with van der Waals surface area (Å²) < 4.78 is 0. The molecular weight excluding hydrogens is 326 g/mol. The highest BCUT2D eigenvalue weighted by molar-refractivity contribution is 5.79. The summed E-state index contributed by atoms with van der Waals surface area (Å²) in [5, 5.41) is 12.1. The van der Waals surface area contributed by atoms with Crippen LogP contribution in [0.25, 0.3) is 0 Å². The lowest BCUT2D eigenvalue weighted by Crippen LogP contribution is -2.48. The number of carbonyl (C=O) groups is 1. The molecule has 1 aliphatic rings. The zero-order valence-electron chi connectivity index (χ0n) is 15.0. The number of nitriles is 1. The fourth-order valence-corrected chi connectivity index (χ4v) is 3.02. The van der Waals surface area contributed by atoms with Crippen molar-refractivity contribution in [2.24, 2.45) is 0 Å². The van der Waals surface area contributed by atoms with E-state index in [2.05, 4.69) is 22.1 Å². The number of carbonyl (C=O) groups excluding carboxylic acids is 1. The third-order valence-corrected chi connectivity index (χ3v) is 4.62. The van der Waals surface area contributed by atoms with Crippen LogP contribution in [0.2, 0.25) is 0 Å². The molecule has 1 fully saturated rings. The lowest BCUT2D eigenvalue weighted by atomic mass is 10.1. The number of piperazine rings is 1. The van der Waals surface area contributed by atoms with Gasteiger partial charge in [-0.15, -0.1) is 0 Å². The van der Waals surface area contributed by atoms with Crippen LogP contribution in [-0.2, 0) is 11.2 Å². The molecule has 0 atom stereocenters. The minimum absolute atomic E-state index is 0.185. The van der Waals surface area contributed by atoms with Crippen molar-refractivity contribution in [3.63, 3.8) is 0 Å². The highest BCUT2D eigenvalue weighted by Crippen LogP contribution is 2.16. The molecule has 26 heavy (non-hydrogen) atoms. The number of amides is 1. The largest absolute Gasteiger partial charge is 0.340 e. The quantitative estimate of drug-likeness (QED) is 0.897. The van der Waals surface area contributed by atoms with Gasteiger partial charge in [0.25, 0.3) is 0 Å². The topological polar surface area (TPSA) is 72.3 Å². The van der Waals surface area contributed by atoms with E-state index in [0.29, 0.717) is 17.9 Å². The van der Waals surface area contributed by atoms with Crippen LogP contribution in [0.15, 0.2) is 42.5 Å². The Balaban J connectivity index is 1.56. The van der Waals surface area contributed by atoms with E-state index in [0.717, 1.165) is 44.0 Å². The predicted octanol–water partition coefficient (Wildman–Crippen LogP) is 2.40. The van der Waals surface area contributed by atoms with E-state index in [1.165, 1.54) is 0 Å². The van der Waals surface area contributed by atoms with E-state index in [-0.39, 0.29) is 5.91 Å². The summed E-state index contributed by atoms with van der Waals surface area (Å²) >= 11 is 0. The van der Waals surface area contributed by atoms with E-state index < -0.39 is 0 Å². The molecule has 134 valence electrons. The summed E-state index contributed by atoms with van der Waals surface area (Å²) in [5.74, 6) is 0.812. The Hall–Kier alpha value is -2.91. The molecule has 1 amide bonds. The first-order valence-corrected chi connectivity index (χ1v) is 8.91. The Kier molecular flexibility index (Phi) is 5.82. The lowest BCUT2D eigenvalue weighted by molar-refractivity contribution is -0.132. The number of aromatic nitrogens is 1. The maximum absolute atomic E-state index is 12.5. The second-order valence-corrected chi connectivity index (χ2v) is 6.33. The number of rotatable bonds is 5. The fourth-order valence-electron chi connectivity index (χ4n) is 3.02. The van der Waals surface area contributed by atoms with Gasteiger partial charge in [-0.3, -0.25) is 4.79 Å². The van der Waals surface area contributed by atoms with Crippen LogP contribution in [0.5, 0.6) is 0 Å². The van der Waals surface area contributed by atoms with Crippen LogP contribution < -0.4 is 5.32 Å². The third-order valence-electron chi connectivity index (χ3n) is 4.62. The van der Waals surface area contributed by atoms with Crippen LogP contribution in [0.1, 0.15) is 18.2 Å². The molecule has 0 unspecified atom stereocenters. The first-order chi connectivity index (χ1) is 12.7. The van der Waals surface area contributed by atoms with Gasteiger partial charge in [-0.25, -0.2) is 4.98 Å². The number of hydrogen-bond donors (Lipinski definition) is 1. The van der Waals surface area contributed by atoms with Crippen molar-refractivity contribution in [2.45, 2.75) is 13.3 Å². The number of anilines is 2. The van der Waals surface area contributed by atoms with Gasteiger partial charge >= 0.3 is 0 Å². The highest BCUT2D eigenvalue weighted by atomic mass is 16.2. The van der Waals surface area contributed by atoms with Crippen LogP contribution >= 0.6 is 0 Å². The molecule has 2 aromatic rings. The summed E-state index contributed by atoms with van der Waals surface area (Å²) in [6.45, 7) is 6.74. The zero-order chi connectivity index (χ0) is 18.4. The Labute approximate surface area is 154 Å². The summed E-state index contributed by atoms with van der Waals surface area (Å²) in [4.78, 5) is 21.0. The summed E-state index contributed by atoms with van der Waals surface area (Å²) in [5.41, 5.74) is 2.25. The Bertz CT molecular complexity index is 789. The van der Waals surface area contributed by atoms with Crippen molar-refractivity contribution >= 4 is 17.4 Å². The molecule has 3 rings (SSSR count). The molecule has 6 nitrogen and oxygen atoms in total. The molecule has 2 heterocycles. The zero-order valence-corrected chi connectivity index (χ0v) is 15.0. The first kappa shape index (κ1) is 17.9. The molecule has 1 N–H and O–H groups in total. The highest BCUT2D eigenvalue weighted by Gasteiger charge is 2.20. The van der Waals surface area contributed by atoms with E-state index in [1.807, 2.05) is 41.3 Å². The van der Waals surface area contributed by atoms with Gasteiger partial charge in [0.05, 0.1) is 6.42 Å². The Morgan fingerprint density at radius 2 is 1.88 bits per heavy atom. The van der Waals surface area contributed by atoms with Crippen LogP contribution in [0, 0.1) is 11.3 Å². The second kappa shape index (κ2) is 8.45. The Morgan fingerprint density at radius 3 is 2.54 bits per heavy atom.